The predicted octanol–water partition coefficient (Wildman–Crippen LogP) is 1.50. The lowest BCUT2D eigenvalue weighted by Gasteiger charge is -2.10. The molecule has 0 saturated carbocycles. The largest absolute Gasteiger partial charge is 0.463 e. The van der Waals surface area contributed by atoms with Gasteiger partial charge in [-0.15, -0.1) is 0 Å². The van der Waals surface area contributed by atoms with Gasteiger partial charge in [0.25, 0.3) is 0 Å². The Morgan fingerprint density at radius 2 is 2.00 bits per heavy atom. The van der Waals surface area contributed by atoms with Crippen molar-refractivity contribution in [3.8, 4) is 0 Å². The number of hydrogen-bond acceptors (Lipinski definition) is 3. The van der Waals surface area contributed by atoms with Gasteiger partial charge in [0, 0.05) is 5.75 Å². The van der Waals surface area contributed by atoms with Crippen molar-refractivity contribution in [1.82, 2.24) is 0 Å². The van der Waals surface area contributed by atoms with E-state index in [0.29, 0.717) is 5.75 Å². The second kappa shape index (κ2) is 4.61. The number of ether oxygens (including phenoxy) is 1. The SMILES string of the molecule is CC(C)OC(=O)C(C)CS. The molecule has 0 rings (SSSR count). The van der Waals surface area contributed by atoms with Crippen LogP contribution in [0.25, 0.3) is 0 Å². The first kappa shape index (κ1) is 9.82. The molecule has 0 fully saturated rings. The molecule has 0 aliphatic carbocycles. The topological polar surface area (TPSA) is 26.3 Å². The van der Waals surface area contributed by atoms with Gasteiger partial charge in [0.15, 0.2) is 0 Å². The van der Waals surface area contributed by atoms with Crippen LogP contribution in [0.2, 0.25) is 0 Å². The molecule has 60 valence electrons. The van der Waals surface area contributed by atoms with Gasteiger partial charge in [-0.05, 0) is 13.8 Å². The molecule has 0 heterocycles. The van der Waals surface area contributed by atoms with E-state index in [2.05, 4.69) is 12.6 Å². The van der Waals surface area contributed by atoms with Crippen LogP contribution in [0.3, 0.4) is 0 Å². The Hall–Kier alpha value is -0.180. The van der Waals surface area contributed by atoms with Crippen LogP contribution in [-0.2, 0) is 9.53 Å². The molecule has 3 heteroatoms. The Kier molecular flexibility index (Phi) is 4.52. The van der Waals surface area contributed by atoms with Crippen molar-refractivity contribution in [1.29, 1.82) is 0 Å². The van der Waals surface area contributed by atoms with Gasteiger partial charge in [-0.25, -0.2) is 0 Å². The van der Waals surface area contributed by atoms with E-state index in [4.69, 9.17) is 4.74 Å². The fraction of sp³-hybridized carbons (Fsp3) is 0.857. The molecule has 0 saturated heterocycles. The van der Waals surface area contributed by atoms with Crippen molar-refractivity contribution in [3.05, 3.63) is 0 Å². The minimum atomic E-state index is -0.162. The first-order valence-corrected chi connectivity index (χ1v) is 4.02. The van der Waals surface area contributed by atoms with Gasteiger partial charge in [-0.2, -0.15) is 12.6 Å². The number of carbonyl (C=O) groups is 1. The van der Waals surface area contributed by atoms with Crippen molar-refractivity contribution in [2.75, 3.05) is 5.75 Å². The summed E-state index contributed by atoms with van der Waals surface area (Å²) in [5.41, 5.74) is 0. The third-order valence-corrected chi connectivity index (χ3v) is 1.58. The van der Waals surface area contributed by atoms with Gasteiger partial charge in [-0.1, -0.05) is 6.92 Å². The van der Waals surface area contributed by atoms with Crippen molar-refractivity contribution in [2.45, 2.75) is 26.9 Å². The average molecular weight is 162 g/mol. The Balaban J connectivity index is 3.62. The highest BCUT2D eigenvalue weighted by molar-refractivity contribution is 7.80. The second-order valence-corrected chi connectivity index (χ2v) is 2.93. The van der Waals surface area contributed by atoms with Gasteiger partial charge < -0.3 is 4.74 Å². The molecule has 0 bridgehead atoms. The van der Waals surface area contributed by atoms with Crippen LogP contribution in [0.1, 0.15) is 20.8 Å². The standard InChI is InChI=1S/C7H14O2S/c1-5(2)9-7(8)6(3)4-10/h5-6,10H,4H2,1-3H3. The van der Waals surface area contributed by atoms with Crippen molar-refractivity contribution in [2.24, 2.45) is 5.92 Å². The summed E-state index contributed by atoms with van der Waals surface area (Å²) in [7, 11) is 0. The van der Waals surface area contributed by atoms with Gasteiger partial charge >= 0.3 is 5.97 Å². The van der Waals surface area contributed by atoms with E-state index < -0.39 is 0 Å². The number of esters is 1. The number of rotatable bonds is 3. The van der Waals surface area contributed by atoms with E-state index in [1.54, 1.807) is 6.92 Å². The lowest BCUT2D eigenvalue weighted by atomic mass is 10.2. The summed E-state index contributed by atoms with van der Waals surface area (Å²) in [6, 6.07) is 0. The first-order chi connectivity index (χ1) is 4.57. The summed E-state index contributed by atoms with van der Waals surface area (Å²) >= 11 is 3.98. The molecule has 10 heavy (non-hydrogen) atoms. The van der Waals surface area contributed by atoms with E-state index in [0.717, 1.165) is 0 Å². The maximum absolute atomic E-state index is 10.9. The molecular formula is C7H14O2S. The zero-order chi connectivity index (χ0) is 8.15. The van der Waals surface area contributed by atoms with Gasteiger partial charge in [0.1, 0.15) is 0 Å². The summed E-state index contributed by atoms with van der Waals surface area (Å²) in [6.07, 6.45) is -0.0187. The highest BCUT2D eigenvalue weighted by Gasteiger charge is 2.12. The first-order valence-electron chi connectivity index (χ1n) is 3.39. The normalized spacial score (nSPS) is 13.3. The highest BCUT2D eigenvalue weighted by Crippen LogP contribution is 2.02. The molecule has 0 aliphatic rings. The zero-order valence-electron chi connectivity index (χ0n) is 6.63. The lowest BCUT2D eigenvalue weighted by molar-refractivity contribution is -0.150. The molecule has 1 atom stereocenters. The Morgan fingerprint density at radius 3 is 2.30 bits per heavy atom. The Morgan fingerprint density at radius 1 is 1.50 bits per heavy atom. The summed E-state index contributed by atoms with van der Waals surface area (Å²) in [5.74, 6) is 0.293. The molecule has 0 amide bonds. The molecule has 0 spiro atoms. The molecule has 2 nitrogen and oxygen atoms in total. The number of carbonyl (C=O) groups excluding carboxylic acids is 1. The number of thiol groups is 1. The third kappa shape index (κ3) is 3.77. The molecule has 0 aromatic carbocycles. The summed E-state index contributed by atoms with van der Waals surface area (Å²) < 4.78 is 4.92. The van der Waals surface area contributed by atoms with Crippen LogP contribution in [0, 0.1) is 5.92 Å². The molecule has 0 aromatic heterocycles. The van der Waals surface area contributed by atoms with Crippen LogP contribution in [-0.4, -0.2) is 17.8 Å². The van der Waals surface area contributed by atoms with Gasteiger partial charge in [0.2, 0.25) is 0 Å². The third-order valence-electron chi connectivity index (χ3n) is 1.03. The maximum Gasteiger partial charge on any atom is 0.309 e. The minimum Gasteiger partial charge on any atom is -0.463 e. The Bertz CT molecular complexity index is 112. The highest BCUT2D eigenvalue weighted by atomic mass is 32.1. The Labute approximate surface area is 67.4 Å². The summed E-state index contributed by atoms with van der Waals surface area (Å²) in [6.45, 7) is 5.48. The van der Waals surface area contributed by atoms with E-state index in [-0.39, 0.29) is 18.0 Å². The van der Waals surface area contributed by atoms with E-state index in [1.165, 1.54) is 0 Å². The average Bonchev–Trinajstić information content (AvgIpc) is 1.85. The van der Waals surface area contributed by atoms with Gasteiger partial charge in [-0.3, -0.25) is 4.79 Å². The molecule has 0 radical (unpaired) electrons. The van der Waals surface area contributed by atoms with Crippen LogP contribution >= 0.6 is 12.6 Å². The van der Waals surface area contributed by atoms with Crippen LogP contribution < -0.4 is 0 Å². The van der Waals surface area contributed by atoms with Crippen molar-refractivity contribution >= 4 is 18.6 Å². The minimum absolute atomic E-state index is 0.0187. The van der Waals surface area contributed by atoms with Crippen LogP contribution in [0.4, 0.5) is 0 Å². The van der Waals surface area contributed by atoms with Gasteiger partial charge in [0.05, 0.1) is 12.0 Å². The summed E-state index contributed by atoms with van der Waals surface area (Å²) in [5, 5.41) is 0. The molecule has 0 aromatic rings. The monoisotopic (exact) mass is 162 g/mol. The molecule has 0 N–H and O–H groups in total. The van der Waals surface area contributed by atoms with Crippen molar-refractivity contribution < 1.29 is 9.53 Å². The fourth-order valence-corrected chi connectivity index (χ4v) is 0.572. The zero-order valence-corrected chi connectivity index (χ0v) is 7.52. The predicted molar refractivity (Wildman–Crippen MR) is 44.2 cm³/mol. The maximum atomic E-state index is 10.9. The summed E-state index contributed by atoms with van der Waals surface area (Å²) in [4.78, 5) is 10.9. The van der Waals surface area contributed by atoms with E-state index >= 15 is 0 Å². The van der Waals surface area contributed by atoms with Crippen LogP contribution in [0.15, 0.2) is 0 Å². The fourth-order valence-electron chi connectivity index (χ4n) is 0.423. The molecule has 0 aliphatic heterocycles. The second-order valence-electron chi connectivity index (χ2n) is 2.57. The quantitative estimate of drug-likeness (QED) is 0.503. The van der Waals surface area contributed by atoms with E-state index in [9.17, 15) is 4.79 Å². The van der Waals surface area contributed by atoms with E-state index in [1.807, 2.05) is 13.8 Å². The van der Waals surface area contributed by atoms with Crippen molar-refractivity contribution in [3.63, 3.8) is 0 Å². The molecule has 1 unspecified atom stereocenters. The van der Waals surface area contributed by atoms with Crippen LogP contribution in [0.5, 0.6) is 0 Å². The molecular weight excluding hydrogens is 148 g/mol. The lowest BCUT2D eigenvalue weighted by Crippen LogP contribution is -2.19. The smallest absolute Gasteiger partial charge is 0.309 e. The number of hydrogen-bond donors (Lipinski definition) is 1.